The van der Waals surface area contributed by atoms with Gasteiger partial charge in [0.25, 0.3) is 0 Å². The van der Waals surface area contributed by atoms with Gasteiger partial charge in [-0.25, -0.2) is 0 Å². The number of nitrogens with two attached hydrogens (primary N) is 1. The highest BCUT2D eigenvalue weighted by Gasteiger charge is 2.01. The van der Waals surface area contributed by atoms with Crippen molar-refractivity contribution in [3.63, 3.8) is 0 Å². The quantitative estimate of drug-likeness (QED) is 0.807. The van der Waals surface area contributed by atoms with Gasteiger partial charge in [0.05, 0.1) is 0 Å². The Balaban J connectivity index is 2.34. The average molecular weight is 199 g/mol. The summed E-state index contributed by atoms with van der Waals surface area (Å²) < 4.78 is 0. The molecule has 0 fully saturated rings. The first kappa shape index (κ1) is 10.2. The van der Waals surface area contributed by atoms with Crippen LogP contribution >= 0.6 is 0 Å². The minimum absolute atomic E-state index is 0.281. The van der Waals surface area contributed by atoms with Crippen LogP contribution in [-0.4, -0.2) is 6.04 Å². The monoisotopic (exact) mass is 199 g/mol. The first-order valence-electron chi connectivity index (χ1n) is 5.49. The van der Waals surface area contributed by atoms with E-state index < -0.39 is 0 Å². The van der Waals surface area contributed by atoms with E-state index in [-0.39, 0.29) is 6.04 Å². The van der Waals surface area contributed by atoms with Crippen LogP contribution in [0, 0.1) is 0 Å². The second kappa shape index (κ2) is 4.45. The summed E-state index contributed by atoms with van der Waals surface area (Å²) in [5.41, 5.74) is 7.19. The second-order valence-electron chi connectivity index (χ2n) is 4.15. The zero-order chi connectivity index (χ0) is 10.7. The Kier molecular flexibility index (Phi) is 3.02. The molecule has 1 nitrogen and oxygen atoms in total. The molecule has 2 aromatic rings. The van der Waals surface area contributed by atoms with Crippen molar-refractivity contribution >= 4 is 10.8 Å². The van der Waals surface area contributed by atoms with Crippen LogP contribution in [-0.2, 0) is 6.42 Å². The Morgan fingerprint density at radius 1 is 1.07 bits per heavy atom. The molecule has 0 aromatic heterocycles. The lowest BCUT2D eigenvalue weighted by Crippen LogP contribution is -2.15. The van der Waals surface area contributed by atoms with Crippen LogP contribution in [0.4, 0.5) is 0 Å². The third-order valence-corrected chi connectivity index (χ3v) is 2.75. The summed E-state index contributed by atoms with van der Waals surface area (Å²) in [6.45, 7) is 2.06. The second-order valence-corrected chi connectivity index (χ2v) is 4.15. The summed E-state index contributed by atoms with van der Waals surface area (Å²) in [6.07, 6.45) is 2.12. The minimum Gasteiger partial charge on any atom is -0.328 e. The van der Waals surface area contributed by atoms with Crippen molar-refractivity contribution in [2.45, 2.75) is 25.8 Å². The van der Waals surface area contributed by atoms with Gasteiger partial charge in [0.1, 0.15) is 0 Å². The van der Waals surface area contributed by atoms with Crippen LogP contribution in [0.3, 0.4) is 0 Å². The van der Waals surface area contributed by atoms with E-state index in [4.69, 9.17) is 5.73 Å². The number of hydrogen-bond donors (Lipinski definition) is 1. The zero-order valence-corrected chi connectivity index (χ0v) is 9.11. The molecular weight excluding hydrogens is 182 g/mol. The lowest BCUT2D eigenvalue weighted by molar-refractivity contribution is 0.668. The van der Waals surface area contributed by atoms with Crippen LogP contribution in [0.1, 0.15) is 18.9 Å². The van der Waals surface area contributed by atoms with Gasteiger partial charge in [-0.1, -0.05) is 42.5 Å². The molecule has 78 valence electrons. The van der Waals surface area contributed by atoms with E-state index in [1.54, 1.807) is 0 Å². The smallest absolute Gasteiger partial charge is 0.00136 e. The van der Waals surface area contributed by atoms with Crippen molar-refractivity contribution in [2.24, 2.45) is 5.73 Å². The Hall–Kier alpha value is -1.34. The normalized spacial score (nSPS) is 12.9. The van der Waals surface area contributed by atoms with Crippen molar-refractivity contribution in [3.8, 4) is 0 Å². The van der Waals surface area contributed by atoms with Gasteiger partial charge >= 0.3 is 0 Å². The SMILES string of the molecule is C[C@H](N)CCc1cccc2ccccc12. The van der Waals surface area contributed by atoms with E-state index in [0.29, 0.717) is 0 Å². The molecular formula is C14H17N. The van der Waals surface area contributed by atoms with Crippen LogP contribution in [0.2, 0.25) is 0 Å². The van der Waals surface area contributed by atoms with Crippen molar-refractivity contribution in [3.05, 3.63) is 48.0 Å². The van der Waals surface area contributed by atoms with Gasteiger partial charge in [-0.05, 0) is 36.1 Å². The van der Waals surface area contributed by atoms with Gasteiger partial charge in [-0.3, -0.25) is 0 Å². The van der Waals surface area contributed by atoms with E-state index in [2.05, 4.69) is 49.4 Å². The summed E-state index contributed by atoms with van der Waals surface area (Å²) in [6, 6.07) is 15.3. The van der Waals surface area contributed by atoms with Crippen molar-refractivity contribution in [1.29, 1.82) is 0 Å². The maximum Gasteiger partial charge on any atom is 0.00136 e. The van der Waals surface area contributed by atoms with E-state index in [9.17, 15) is 0 Å². The molecule has 0 amide bonds. The summed E-state index contributed by atoms with van der Waals surface area (Å²) in [5, 5.41) is 2.68. The molecule has 2 N–H and O–H groups in total. The minimum atomic E-state index is 0.281. The number of hydrogen-bond acceptors (Lipinski definition) is 1. The number of rotatable bonds is 3. The van der Waals surface area contributed by atoms with E-state index in [1.165, 1.54) is 16.3 Å². The molecule has 0 bridgehead atoms. The Bertz CT molecular complexity index is 441. The molecule has 0 aliphatic carbocycles. The van der Waals surface area contributed by atoms with Crippen molar-refractivity contribution in [1.82, 2.24) is 0 Å². The molecule has 0 aliphatic heterocycles. The fourth-order valence-corrected chi connectivity index (χ4v) is 1.89. The Morgan fingerprint density at radius 3 is 2.60 bits per heavy atom. The van der Waals surface area contributed by atoms with Gasteiger partial charge in [0.15, 0.2) is 0 Å². The van der Waals surface area contributed by atoms with E-state index in [1.807, 2.05) is 0 Å². The highest BCUT2D eigenvalue weighted by Crippen LogP contribution is 2.19. The molecule has 0 aliphatic rings. The molecule has 2 aromatic carbocycles. The molecule has 2 rings (SSSR count). The first-order valence-corrected chi connectivity index (χ1v) is 5.49. The molecule has 0 heterocycles. The van der Waals surface area contributed by atoms with Gasteiger partial charge in [0.2, 0.25) is 0 Å². The molecule has 0 saturated heterocycles. The number of aryl methyl sites for hydroxylation is 1. The zero-order valence-electron chi connectivity index (χ0n) is 9.11. The standard InChI is InChI=1S/C14H17N/c1-11(15)9-10-13-7-4-6-12-5-2-3-8-14(12)13/h2-8,11H,9-10,15H2,1H3/t11-/m0/s1. The predicted molar refractivity (Wildman–Crippen MR) is 65.9 cm³/mol. The summed E-state index contributed by atoms with van der Waals surface area (Å²) in [5.74, 6) is 0. The molecule has 1 atom stereocenters. The average Bonchev–Trinajstić information content (AvgIpc) is 2.26. The molecule has 0 saturated carbocycles. The molecule has 0 radical (unpaired) electrons. The third kappa shape index (κ3) is 2.37. The summed E-state index contributed by atoms with van der Waals surface area (Å²) in [4.78, 5) is 0. The van der Waals surface area contributed by atoms with Gasteiger partial charge in [-0.15, -0.1) is 0 Å². The lowest BCUT2D eigenvalue weighted by atomic mass is 9.99. The van der Waals surface area contributed by atoms with Gasteiger partial charge < -0.3 is 5.73 Å². The maximum atomic E-state index is 5.78. The van der Waals surface area contributed by atoms with Crippen LogP contribution in [0.5, 0.6) is 0 Å². The van der Waals surface area contributed by atoms with E-state index in [0.717, 1.165) is 12.8 Å². The molecule has 0 unspecified atom stereocenters. The van der Waals surface area contributed by atoms with Crippen LogP contribution < -0.4 is 5.73 Å². The molecule has 15 heavy (non-hydrogen) atoms. The Morgan fingerprint density at radius 2 is 1.80 bits per heavy atom. The van der Waals surface area contributed by atoms with Crippen LogP contribution in [0.25, 0.3) is 10.8 Å². The fourth-order valence-electron chi connectivity index (χ4n) is 1.89. The maximum absolute atomic E-state index is 5.78. The Labute approximate surface area is 90.9 Å². The summed E-state index contributed by atoms with van der Waals surface area (Å²) in [7, 11) is 0. The number of benzene rings is 2. The largest absolute Gasteiger partial charge is 0.328 e. The van der Waals surface area contributed by atoms with E-state index >= 15 is 0 Å². The highest BCUT2D eigenvalue weighted by molar-refractivity contribution is 5.85. The first-order chi connectivity index (χ1) is 7.27. The van der Waals surface area contributed by atoms with Gasteiger partial charge in [-0.2, -0.15) is 0 Å². The predicted octanol–water partition coefficient (Wildman–Crippen LogP) is 3.12. The highest BCUT2D eigenvalue weighted by atomic mass is 14.6. The lowest BCUT2D eigenvalue weighted by Gasteiger charge is -2.08. The van der Waals surface area contributed by atoms with Gasteiger partial charge in [0, 0.05) is 6.04 Å². The fraction of sp³-hybridized carbons (Fsp3) is 0.286. The third-order valence-electron chi connectivity index (χ3n) is 2.75. The van der Waals surface area contributed by atoms with Crippen LogP contribution in [0.15, 0.2) is 42.5 Å². The number of fused-ring (bicyclic) bond motifs is 1. The molecule has 0 spiro atoms. The summed E-state index contributed by atoms with van der Waals surface area (Å²) >= 11 is 0. The van der Waals surface area contributed by atoms with Crippen molar-refractivity contribution in [2.75, 3.05) is 0 Å². The molecule has 1 heteroatoms. The van der Waals surface area contributed by atoms with Crippen molar-refractivity contribution < 1.29 is 0 Å². The topological polar surface area (TPSA) is 26.0 Å².